The average Bonchev–Trinajstić information content (AvgIpc) is 2.90. The van der Waals surface area contributed by atoms with Gasteiger partial charge in [0.1, 0.15) is 10.8 Å². The second-order valence-corrected chi connectivity index (χ2v) is 4.71. The monoisotopic (exact) mass is 262 g/mol. The fraction of sp³-hybridized carbons (Fsp3) is 0.250. The molecule has 0 aliphatic heterocycles. The number of aromatic nitrogens is 2. The van der Waals surface area contributed by atoms with Crippen LogP contribution < -0.4 is 10.2 Å². The van der Waals surface area contributed by atoms with E-state index in [1.165, 1.54) is 0 Å². The maximum absolute atomic E-state index is 11.8. The second kappa shape index (κ2) is 5.59. The molecule has 0 radical (unpaired) electrons. The highest BCUT2D eigenvalue weighted by atomic mass is 32.1. The van der Waals surface area contributed by atoms with Crippen LogP contribution in [-0.4, -0.2) is 30.0 Å². The van der Waals surface area contributed by atoms with E-state index in [9.17, 15) is 4.79 Å². The molecule has 0 atom stereocenters. The smallest absolute Gasteiger partial charge is 0.254 e. The van der Waals surface area contributed by atoms with Crippen molar-refractivity contribution in [2.75, 3.05) is 19.0 Å². The molecule has 0 fully saturated rings. The molecule has 2 heterocycles. The molecule has 6 heteroatoms. The van der Waals surface area contributed by atoms with Crippen LogP contribution in [0.1, 0.15) is 15.4 Å². The molecule has 0 saturated heterocycles. The highest BCUT2D eigenvalue weighted by molar-refractivity contribution is 7.09. The Labute approximate surface area is 109 Å². The van der Waals surface area contributed by atoms with Crippen LogP contribution in [0, 0.1) is 0 Å². The van der Waals surface area contributed by atoms with Gasteiger partial charge in [-0.3, -0.25) is 4.79 Å². The highest BCUT2D eigenvalue weighted by Crippen LogP contribution is 2.18. The number of amides is 1. The number of carbonyl (C=O) groups excluding carboxylic acids is 1. The van der Waals surface area contributed by atoms with Crippen LogP contribution >= 0.6 is 11.3 Å². The van der Waals surface area contributed by atoms with E-state index in [0.29, 0.717) is 17.9 Å². The first-order valence-corrected chi connectivity index (χ1v) is 6.37. The van der Waals surface area contributed by atoms with Crippen molar-refractivity contribution >= 4 is 23.1 Å². The molecule has 0 spiro atoms. The quantitative estimate of drug-likeness (QED) is 0.908. The van der Waals surface area contributed by atoms with Gasteiger partial charge in [-0.15, -0.1) is 11.3 Å². The van der Waals surface area contributed by atoms with Crippen molar-refractivity contribution in [2.45, 2.75) is 6.54 Å². The van der Waals surface area contributed by atoms with Crippen LogP contribution in [-0.2, 0) is 6.54 Å². The Bertz CT molecular complexity index is 527. The third kappa shape index (κ3) is 2.65. The largest absolute Gasteiger partial charge is 0.355 e. The molecule has 2 aromatic heterocycles. The SMILES string of the molecule is CNC(=O)c1cccnc1N(C)Cc1nccs1. The van der Waals surface area contributed by atoms with Crippen molar-refractivity contribution in [2.24, 2.45) is 0 Å². The molecule has 0 aromatic carbocycles. The summed E-state index contributed by atoms with van der Waals surface area (Å²) in [5, 5.41) is 5.54. The molecule has 1 N–H and O–H groups in total. The normalized spacial score (nSPS) is 10.1. The van der Waals surface area contributed by atoms with Gasteiger partial charge in [-0.25, -0.2) is 9.97 Å². The number of anilines is 1. The first-order chi connectivity index (χ1) is 8.72. The van der Waals surface area contributed by atoms with E-state index in [1.807, 2.05) is 17.3 Å². The van der Waals surface area contributed by atoms with Gasteiger partial charge in [0, 0.05) is 31.9 Å². The number of hydrogen-bond donors (Lipinski definition) is 1. The van der Waals surface area contributed by atoms with Gasteiger partial charge in [-0.2, -0.15) is 0 Å². The Morgan fingerprint density at radius 1 is 1.44 bits per heavy atom. The van der Waals surface area contributed by atoms with Crippen LogP contribution in [0.25, 0.3) is 0 Å². The van der Waals surface area contributed by atoms with Crippen molar-refractivity contribution in [3.05, 3.63) is 40.5 Å². The summed E-state index contributed by atoms with van der Waals surface area (Å²) in [6.45, 7) is 0.638. The molecule has 5 nitrogen and oxygen atoms in total. The van der Waals surface area contributed by atoms with Crippen LogP contribution in [0.2, 0.25) is 0 Å². The number of nitrogens with zero attached hydrogens (tertiary/aromatic N) is 3. The van der Waals surface area contributed by atoms with E-state index in [-0.39, 0.29) is 5.91 Å². The molecular weight excluding hydrogens is 248 g/mol. The van der Waals surface area contributed by atoms with E-state index in [2.05, 4.69) is 15.3 Å². The summed E-state index contributed by atoms with van der Waals surface area (Å²) in [4.78, 5) is 22.2. The van der Waals surface area contributed by atoms with Crippen LogP contribution in [0.5, 0.6) is 0 Å². The van der Waals surface area contributed by atoms with Gasteiger partial charge in [0.15, 0.2) is 0 Å². The zero-order valence-electron chi connectivity index (χ0n) is 10.3. The van der Waals surface area contributed by atoms with E-state index >= 15 is 0 Å². The summed E-state index contributed by atoms with van der Waals surface area (Å²) in [5.74, 6) is 0.524. The van der Waals surface area contributed by atoms with Crippen molar-refractivity contribution < 1.29 is 4.79 Å². The lowest BCUT2D eigenvalue weighted by atomic mass is 10.2. The van der Waals surface area contributed by atoms with E-state index in [0.717, 1.165) is 5.01 Å². The average molecular weight is 262 g/mol. The lowest BCUT2D eigenvalue weighted by Crippen LogP contribution is -2.25. The van der Waals surface area contributed by atoms with Gasteiger partial charge in [-0.1, -0.05) is 0 Å². The van der Waals surface area contributed by atoms with E-state index < -0.39 is 0 Å². The Kier molecular flexibility index (Phi) is 3.88. The number of thiazole rings is 1. The highest BCUT2D eigenvalue weighted by Gasteiger charge is 2.14. The second-order valence-electron chi connectivity index (χ2n) is 3.74. The Morgan fingerprint density at radius 2 is 2.28 bits per heavy atom. The van der Waals surface area contributed by atoms with Gasteiger partial charge in [0.05, 0.1) is 12.1 Å². The summed E-state index contributed by atoms with van der Waals surface area (Å²) < 4.78 is 0. The fourth-order valence-corrected chi connectivity index (χ4v) is 2.29. The van der Waals surface area contributed by atoms with Gasteiger partial charge < -0.3 is 10.2 Å². The predicted molar refractivity (Wildman–Crippen MR) is 71.8 cm³/mol. The maximum Gasteiger partial charge on any atom is 0.254 e. The van der Waals surface area contributed by atoms with Gasteiger partial charge in [0.2, 0.25) is 0 Å². The van der Waals surface area contributed by atoms with E-state index in [4.69, 9.17) is 0 Å². The minimum absolute atomic E-state index is 0.135. The third-order valence-electron chi connectivity index (χ3n) is 2.48. The van der Waals surface area contributed by atoms with Crippen LogP contribution in [0.4, 0.5) is 5.82 Å². The van der Waals surface area contributed by atoms with Crippen LogP contribution in [0.3, 0.4) is 0 Å². The topological polar surface area (TPSA) is 58.1 Å². The van der Waals surface area contributed by atoms with Crippen LogP contribution in [0.15, 0.2) is 29.9 Å². The first-order valence-electron chi connectivity index (χ1n) is 5.49. The Balaban J connectivity index is 2.24. The van der Waals surface area contributed by atoms with Crippen molar-refractivity contribution in [1.29, 1.82) is 0 Å². The van der Waals surface area contributed by atoms with Gasteiger partial charge in [-0.05, 0) is 12.1 Å². The molecular formula is C12H14N4OS. The van der Waals surface area contributed by atoms with Crippen molar-refractivity contribution in [3.63, 3.8) is 0 Å². The molecule has 0 aliphatic rings. The third-order valence-corrected chi connectivity index (χ3v) is 3.24. The number of pyridine rings is 1. The molecule has 0 aliphatic carbocycles. The van der Waals surface area contributed by atoms with Gasteiger partial charge >= 0.3 is 0 Å². The summed E-state index contributed by atoms with van der Waals surface area (Å²) in [7, 11) is 3.51. The number of rotatable bonds is 4. The molecule has 94 valence electrons. The summed E-state index contributed by atoms with van der Waals surface area (Å²) in [5.41, 5.74) is 0.569. The standard InChI is InChI=1S/C12H14N4OS/c1-13-12(17)9-4-3-5-15-11(9)16(2)8-10-14-6-7-18-10/h3-7H,8H2,1-2H3,(H,13,17). The minimum Gasteiger partial charge on any atom is -0.355 e. The lowest BCUT2D eigenvalue weighted by Gasteiger charge is -2.19. The number of nitrogens with one attached hydrogen (secondary N) is 1. The summed E-state index contributed by atoms with van der Waals surface area (Å²) in [6, 6.07) is 3.52. The molecule has 18 heavy (non-hydrogen) atoms. The summed E-state index contributed by atoms with van der Waals surface area (Å²) in [6.07, 6.45) is 3.45. The number of carbonyl (C=O) groups is 1. The predicted octanol–water partition coefficient (Wildman–Crippen LogP) is 1.53. The zero-order valence-corrected chi connectivity index (χ0v) is 11.1. The van der Waals surface area contributed by atoms with Crippen molar-refractivity contribution in [3.8, 4) is 0 Å². The first kappa shape index (κ1) is 12.5. The molecule has 1 amide bonds. The Hall–Kier alpha value is -1.95. The maximum atomic E-state index is 11.8. The molecule has 2 rings (SSSR count). The zero-order chi connectivity index (χ0) is 13.0. The molecule has 2 aromatic rings. The fourth-order valence-electron chi connectivity index (χ4n) is 1.62. The molecule has 0 saturated carbocycles. The van der Waals surface area contributed by atoms with Gasteiger partial charge in [0.25, 0.3) is 5.91 Å². The lowest BCUT2D eigenvalue weighted by molar-refractivity contribution is 0.0963. The summed E-state index contributed by atoms with van der Waals surface area (Å²) >= 11 is 1.58. The Morgan fingerprint density at radius 3 is 2.94 bits per heavy atom. The molecule has 0 bridgehead atoms. The van der Waals surface area contributed by atoms with Crippen molar-refractivity contribution in [1.82, 2.24) is 15.3 Å². The number of hydrogen-bond acceptors (Lipinski definition) is 5. The molecule has 0 unspecified atom stereocenters. The van der Waals surface area contributed by atoms with E-state index in [1.54, 1.807) is 42.9 Å². The minimum atomic E-state index is -0.135.